The molecule has 1 saturated heterocycles. The third-order valence-corrected chi connectivity index (χ3v) is 6.04. The van der Waals surface area contributed by atoms with Crippen LogP contribution in [-0.4, -0.2) is 53.6 Å². The Morgan fingerprint density at radius 3 is 1.87 bits per heavy atom. The van der Waals surface area contributed by atoms with Crippen LogP contribution < -0.4 is 5.48 Å². The molecule has 5 nitrogen and oxygen atoms in total. The molecule has 0 spiro atoms. The predicted octanol–water partition coefficient (Wildman–Crippen LogP) is 3.76. The van der Waals surface area contributed by atoms with Gasteiger partial charge in [0.05, 0.1) is 6.04 Å². The van der Waals surface area contributed by atoms with Crippen LogP contribution in [0.15, 0.2) is 84.9 Å². The van der Waals surface area contributed by atoms with Crippen molar-refractivity contribution in [3.05, 3.63) is 107 Å². The summed E-state index contributed by atoms with van der Waals surface area (Å²) in [5, 5.41) is 8.73. The number of carbonyl (C=O) groups is 1. The van der Waals surface area contributed by atoms with Crippen molar-refractivity contribution in [1.82, 2.24) is 15.3 Å². The van der Waals surface area contributed by atoms with Crippen LogP contribution in [-0.2, 0) is 6.42 Å². The summed E-state index contributed by atoms with van der Waals surface area (Å²) >= 11 is 0. The van der Waals surface area contributed by atoms with Gasteiger partial charge in [0.25, 0.3) is 5.91 Å². The fourth-order valence-electron chi connectivity index (χ4n) is 4.30. The molecule has 1 amide bonds. The zero-order valence-electron chi connectivity index (χ0n) is 17.7. The van der Waals surface area contributed by atoms with Crippen molar-refractivity contribution in [2.45, 2.75) is 12.5 Å². The summed E-state index contributed by atoms with van der Waals surface area (Å²) in [7, 11) is 0. The molecule has 1 aliphatic rings. The van der Waals surface area contributed by atoms with Gasteiger partial charge in [-0.05, 0) is 35.2 Å². The molecule has 3 aromatic rings. The van der Waals surface area contributed by atoms with Gasteiger partial charge in [-0.1, -0.05) is 72.8 Å². The van der Waals surface area contributed by atoms with E-state index in [1.807, 2.05) is 12.1 Å². The maximum atomic E-state index is 11.4. The lowest BCUT2D eigenvalue weighted by Crippen LogP contribution is -2.48. The van der Waals surface area contributed by atoms with Crippen LogP contribution in [0.2, 0.25) is 0 Å². The van der Waals surface area contributed by atoms with Crippen LogP contribution in [0.25, 0.3) is 0 Å². The van der Waals surface area contributed by atoms with Gasteiger partial charge in [0.1, 0.15) is 0 Å². The molecule has 0 unspecified atom stereocenters. The highest BCUT2D eigenvalue weighted by atomic mass is 16.5. The molecule has 0 bridgehead atoms. The van der Waals surface area contributed by atoms with E-state index in [1.54, 1.807) is 17.6 Å². The smallest absolute Gasteiger partial charge is 0.274 e. The maximum Gasteiger partial charge on any atom is 0.274 e. The molecule has 31 heavy (non-hydrogen) atoms. The number of hydroxylamine groups is 1. The Hall–Kier alpha value is -2.99. The van der Waals surface area contributed by atoms with Gasteiger partial charge in [0.2, 0.25) is 0 Å². The van der Waals surface area contributed by atoms with Crippen LogP contribution in [0.1, 0.15) is 33.1 Å². The van der Waals surface area contributed by atoms with Crippen molar-refractivity contribution in [2.24, 2.45) is 0 Å². The number of amides is 1. The van der Waals surface area contributed by atoms with Crippen molar-refractivity contribution in [1.29, 1.82) is 0 Å². The molecule has 1 heterocycles. The molecule has 0 saturated carbocycles. The van der Waals surface area contributed by atoms with E-state index in [2.05, 4.69) is 70.5 Å². The fraction of sp³-hybridized carbons (Fsp3) is 0.269. The minimum Gasteiger partial charge on any atom is -0.300 e. The van der Waals surface area contributed by atoms with Gasteiger partial charge < -0.3 is 4.90 Å². The summed E-state index contributed by atoms with van der Waals surface area (Å²) in [6.07, 6.45) is 0.946. The minimum atomic E-state index is -0.478. The molecule has 0 radical (unpaired) electrons. The second-order valence-electron chi connectivity index (χ2n) is 7.99. The molecule has 0 atom stereocenters. The van der Waals surface area contributed by atoms with Crippen LogP contribution in [0.5, 0.6) is 0 Å². The fourth-order valence-corrected chi connectivity index (χ4v) is 4.30. The highest BCUT2D eigenvalue weighted by Gasteiger charge is 2.26. The molecule has 4 rings (SSSR count). The van der Waals surface area contributed by atoms with Gasteiger partial charge in [-0.2, -0.15) is 0 Å². The lowest BCUT2D eigenvalue weighted by molar-refractivity contribution is 0.0706. The first-order valence-corrected chi connectivity index (χ1v) is 10.8. The van der Waals surface area contributed by atoms with Gasteiger partial charge in [0, 0.05) is 38.3 Å². The summed E-state index contributed by atoms with van der Waals surface area (Å²) in [5.74, 6) is -0.478. The summed E-state index contributed by atoms with van der Waals surface area (Å²) in [5.41, 5.74) is 6.02. The van der Waals surface area contributed by atoms with Crippen molar-refractivity contribution in [3.8, 4) is 0 Å². The van der Waals surface area contributed by atoms with Crippen LogP contribution in [0.3, 0.4) is 0 Å². The molecular weight excluding hydrogens is 386 g/mol. The summed E-state index contributed by atoms with van der Waals surface area (Å²) in [6, 6.07) is 29.3. The zero-order chi connectivity index (χ0) is 21.5. The van der Waals surface area contributed by atoms with Gasteiger partial charge in [-0.3, -0.25) is 14.9 Å². The average Bonchev–Trinajstić information content (AvgIpc) is 2.85. The first-order chi connectivity index (χ1) is 15.2. The van der Waals surface area contributed by atoms with Crippen LogP contribution in [0.4, 0.5) is 0 Å². The monoisotopic (exact) mass is 415 g/mol. The number of piperazine rings is 1. The largest absolute Gasteiger partial charge is 0.300 e. The molecule has 1 aliphatic heterocycles. The Kier molecular flexibility index (Phi) is 7.10. The third-order valence-electron chi connectivity index (χ3n) is 6.04. The van der Waals surface area contributed by atoms with Crippen molar-refractivity contribution in [3.63, 3.8) is 0 Å². The number of hydrogen-bond donors (Lipinski definition) is 2. The summed E-state index contributed by atoms with van der Waals surface area (Å²) < 4.78 is 0. The zero-order valence-corrected chi connectivity index (χ0v) is 17.7. The second kappa shape index (κ2) is 10.4. The highest BCUT2D eigenvalue weighted by molar-refractivity contribution is 5.93. The number of rotatable bonds is 7. The van der Waals surface area contributed by atoms with Crippen LogP contribution >= 0.6 is 0 Å². The first kappa shape index (κ1) is 21.2. The molecule has 160 valence electrons. The number of benzene rings is 3. The van der Waals surface area contributed by atoms with Gasteiger partial charge in [0.15, 0.2) is 0 Å². The van der Waals surface area contributed by atoms with E-state index < -0.39 is 5.91 Å². The van der Waals surface area contributed by atoms with E-state index in [0.717, 1.165) is 39.1 Å². The molecule has 2 N–H and O–H groups in total. The molecule has 3 aromatic carbocycles. The molecular formula is C26H29N3O2. The minimum absolute atomic E-state index is 0.287. The topological polar surface area (TPSA) is 55.8 Å². The van der Waals surface area contributed by atoms with Crippen LogP contribution in [0, 0.1) is 0 Å². The van der Waals surface area contributed by atoms with Gasteiger partial charge in [-0.15, -0.1) is 0 Å². The Morgan fingerprint density at radius 2 is 1.35 bits per heavy atom. The Morgan fingerprint density at radius 1 is 0.806 bits per heavy atom. The van der Waals surface area contributed by atoms with Crippen molar-refractivity contribution >= 4 is 5.91 Å². The predicted molar refractivity (Wildman–Crippen MR) is 122 cm³/mol. The van der Waals surface area contributed by atoms with E-state index in [9.17, 15) is 4.79 Å². The summed E-state index contributed by atoms with van der Waals surface area (Å²) in [4.78, 5) is 16.5. The van der Waals surface area contributed by atoms with E-state index in [4.69, 9.17) is 5.21 Å². The number of carbonyl (C=O) groups excluding carboxylic acids is 1. The van der Waals surface area contributed by atoms with E-state index in [0.29, 0.717) is 5.56 Å². The molecule has 0 aromatic heterocycles. The summed E-state index contributed by atoms with van der Waals surface area (Å²) in [6.45, 7) is 5.15. The lowest BCUT2D eigenvalue weighted by Gasteiger charge is -2.39. The molecule has 0 aliphatic carbocycles. The van der Waals surface area contributed by atoms with Crippen molar-refractivity contribution in [2.75, 3.05) is 32.7 Å². The molecule has 5 heteroatoms. The van der Waals surface area contributed by atoms with Crippen molar-refractivity contribution < 1.29 is 10.0 Å². The third kappa shape index (κ3) is 5.39. The quantitative estimate of drug-likeness (QED) is 0.456. The van der Waals surface area contributed by atoms with E-state index >= 15 is 0 Å². The maximum absolute atomic E-state index is 11.4. The normalized spacial score (nSPS) is 15.2. The van der Waals surface area contributed by atoms with E-state index in [1.165, 1.54) is 16.7 Å². The lowest BCUT2D eigenvalue weighted by atomic mass is 9.96. The SMILES string of the molecule is O=C(NO)c1ccc(CCN2CCN(C(c3ccccc3)c3ccccc3)CC2)cc1. The number of nitrogens with zero attached hydrogens (tertiary/aromatic N) is 2. The average molecular weight is 416 g/mol. The standard InChI is InChI=1S/C26H29N3O2/c30-26(27-31)24-13-11-21(12-14-24)15-16-28-17-19-29(20-18-28)25(22-7-3-1-4-8-22)23-9-5-2-6-10-23/h1-14,25,31H,15-20H2,(H,27,30). The second-order valence-corrected chi connectivity index (χ2v) is 7.99. The Bertz CT molecular complexity index is 913. The van der Waals surface area contributed by atoms with Gasteiger partial charge in [-0.25, -0.2) is 5.48 Å². The van der Waals surface area contributed by atoms with Gasteiger partial charge >= 0.3 is 0 Å². The number of nitrogens with one attached hydrogen (secondary N) is 1. The Labute approximate surface area is 183 Å². The van der Waals surface area contributed by atoms with E-state index in [-0.39, 0.29) is 6.04 Å². The first-order valence-electron chi connectivity index (χ1n) is 10.8. The Balaban J connectivity index is 1.35. The number of hydrogen-bond acceptors (Lipinski definition) is 4. The molecule has 1 fully saturated rings. The highest BCUT2D eigenvalue weighted by Crippen LogP contribution is 2.29.